The van der Waals surface area contributed by atoms with Crippen LogP contribution in [0.2, 0.25) is 0 Å². The molecule has 0 aliphatic carbocycles. The molecular weight excluding hydrogens is 388 g/mol. The molecule has 1 amide bonds. The van der Waals surface area contributed by atoms with E-state index in [2.05, 4.69) is 15.1 Å². The predicted octanol–water partition coefficient (Wildman–Crippen LogP) is 2.52. The highest BCUT2D eigenvalue weighted by molar-refractivity contribution is 5.94. The van der Waals surface area contributed by atoms with Crippen LogP contribution in [-0.4, -0.2) is 61.2 Å². The number of carbonyl (C=O) groups excluding carboxylic acids is 1. The minimum Gasteiger partial charge on any atom is -0.486 e. The van der Waals surface area contributed by atoms with Crippen molar-refractivity contribution in [2.24, 2.45) is 0 Å². The van der Waals surface area contributed by atoms with Gasteiger partial charge in [0.2, 0.25) is 5.91 Å². The van der Waals surface area contributed by atoms with Gasteiger partial charge in [0, 0.05) is 55.8 Å². The summed E-state index contributed by atoms with van der Waals surface area (Å²) in [7, 11) is 0. The Morgan fingerprint density at radius 1 is 1.03 bits per heavy atom. The zero-order valence-corrected chi connectivity index (χ0v) is 16.7. The number of amides is 1. The average Bonchev–Trinajstić information content (AvgIpc) is 2.78. The van der Waals surface area contributed by atoms with Gasteiger partial charge in [-0.2, -0.15) is 0 Å². The van der Waals surface area contributed by atoms with Crippen LogP contribution in [0.3, 0.4) is 0 Å². The van der Waals surface area contributed by atoms with Crippen LogP contribution in [-0.2, 0) is 4.79 Å². The van der Waals surface area contributed by atoms with Gasteiger partial charge >= 0.3 is 0 Å². The number of nitro groups is 1. The molecule has 0 spiro atoms. The predicted molar refractivity (Wildman–Crippen MR) is 112 cm³/mol. The number of benzene rings is 2. The highest BCUT2D eigenvalue weighted by Crippen LogP contribution is 2.32. The van der Waals surface area contributed by atoms with E-state index in [1.165, 1.54) is 12.1 Å². The first-order valence-corrected chi connectivity index (χ1v) is 9.95. The molecule has 1 atom stereocenters. The minimum atomic E-state index is -0.399. The topological polar surface area (TPSA) is 97.2 Å². The van der Waals surface area contributed by atoms with Gasteiger partial charge in [0.15, 0.2) is 11.5 Å². The van der Waals surface area contributed by atoms with Gasteiger partial charge in [-0.05, 0) is 31.2 Å². The van der Waals surface area contributed by atoms with E-state index < -0.39 is 4.92 Å². The Hall–Kier alpha value is -3.33. The summed E-state index contributed by atoms with van der Waals surface area (Å²) < 4.78 is 11.1. The van der Waals surface area contributed by atoms with Crippen molar-refractivity contribution in [3.05, 3.63) is 52.6 Å². The highest BCUT2D eigenvalue weighted by atomic mass is 16.6. The highest BCUT2D eigenvalue weighted by Gasteiger charge is 2.26. The lowest BCUT2D eigenvalue weighted by molar-refractivity contribution is -0.384. The van der Waals surface area contributed by atoms with Crippen LogP contribution in [0.1, 0.15) is 6.92 Å². The first-order valence-electron chi connectivity index (χ1n) is 9.95. The van der Waals surface area contributed by atoms with E-state index in [1.54, 1.807) is 24.3 Å². The molecule has 2 aliphatic heterocycles. The Kier molecular flexibility index (Phi) is 5.71. The second-order valence-electron chi connectivity index (χ2n) is 7.32. The Morgan fingerprint density at radius 2 is 1.70 bits per heavy atom. The molecule has 1 saturated heterocycles. The number of hydrogen-bond donors (Lipinski definition) is 1. The maximum atomic E-state index is 12.7. The molecule has 4 rings (SSSR count). The summed E-state index contributed by atoms with van der Waals surface area (Å²) in [6.07, 6.45) is 0. The summed E-state index contributed by atoms with van der Waals surface area (Å²) in [6.45, 7) is 5.88. The number of ether oxygens (including phenoxy) is 2. The monoisotopic (exact) mass is 412 g/mol. The number of hydrogen-bond acceptors (Lipinski definition) is 7. The standard InChI is InChI=1S/C21H24N4O5/c1-15(21(26)22-16-2-7-19-20(14-16)30-13-12-29-19)23-8-10-24(11-9-23)17-3-5-18(6-4-17)25(27)28/h2-7,14-15H,8-13H2,1H3,(H,22,26)/t15-/m0/s1. The maximum Gasteiger partial charge on any atom is 0.269 e. The molecule has 2 aromatic carbocycles. The van der Waals surface area contributed by atoms with E-state index in [-0.39, 0.29) is 17.6 Å². The molecule has 158 valence electrons. The molecule has 2 aliphatic rings. The number of anilines is 2. The van der Waals surface area contributed by atoms with Gasteiger partial charge in [-0.25, -0.2) is 0 Å². The molecule has 1 N–H and O–H groups in total. The Labute approximate surface area is 174 Å². The minimum absolute atomic E-state index is 0.0736. The van der Waals surface area contributed by atoms with Crippen LogP contribution in [0.5, 0.6) is 11.5 Å². The maximum absolute atomic E-state index is 12.7. The molecular formula is C21H24N4O5. The first-order chi connectivity index (χ1) is 14.5. The molecule has 9 nitrogen and oxygen atoms in total. The third-order valence-electron chi connectivity index (χ3n) is 5.48. The number of nitro benzene ring substituents is 1. The van der Waals surface area contributed by atoms with Gasteiger partial charge in [-0.15, -0.1) is 0 Å². The van der Waals surface area contributed by atoms with E-state index in [0.29, 0.717) is 30.4 Å². The summed E-state index contributed by atoms with van der Waals surface area (Å²) in [6, 6.07) is 11.7. The van der Waals surface area contributed by atoms with Crippen molar-refractivity contribution in [1.82, 2.24) is 4.90 Å². The molecule has 9 heteroatoms. The van der Waals surface area contributed by atoms with Crippen LogP contribution < -0.4 is 19.7 Å². The lowest BCUT2D eigenvalue weighted by Gasteiger charge is -2.38. The quantitative estimate of drug-likeness (QED) is 0.595. The van der Waals surface area contributed by atoms with Crippen molar-refractivity contribution in [2.45, 2.75) is 13.0 Å². The molecule has 0 aromatic heterocycles. The van der Waals surface area contributed by atoms with Gasteiger partial charge in [-0.3, -0.25) is 19.8 Å². The number of nitrogens with zero attached hydrogens (tertiary/aromatic N) is 3. The fraction of sp³-hybridized carbons (Fsp3) is 0.381. The number of fused-ring (bicyclic) bond motifs is 1. The van der Waals surface area contributed by atoms with Crippen LogP contribution in [0, 0.1) is 10.1 Å². The number of piperazine rings is 1. The van der Waals surface area contributed by atoms with Gasteiger partial charge < -0.3 is 19.7 Å². The van der Waals surface area contributed by atoms with Gasteiger partial charge in [-0.1, -0.05) is 0 Å². The Balaban J connectivity index is 1.32. The van der Waals surface area contributed by atoms with Crippen molar-refractivity contribution < 1.29 is 19.2 Å². The van der Waals surface area contributed by atoms with E-state index in [9.17, 15) is 14.9 Å². The zero-order valence-electron chi connectivity index (χ0n) is 16.7. The third-order valence-corrected chi connectivity index (χ3v) is 5.48. The van der Waals surface area contributed by atoms with Gasteiger partial charge in [0.05, 0.1) is 11.0 Å². The molecule has 2 aromatic rings. The second kappa shape index (κ2) is 8.58. The first kappa shape index (κ1) is 20.0. The van der Waals surface area contributed by atoms with E-state index >= 15 is 0 Å². The fourth-order valence-corrected chi connectivity index (χ4v) is 3.69. The molecule has 0 unspecified atom stereocenters. The fourth-order valence-electron chi connectivity index (χ4n) is 3.69. The normalized spacial score (nSPS) is 17.3. The Morgan fingerprint density at radius 3 is 2.37 bits per heavy atom. The second-order valence-corrected chi connectivity index (χ2v) is 7.32. The Bertz CT molecular complexity index is 925. The molecule has 0 saturated carbocycles. The largest absolute Gasteiger partial charge is 0.486 e. The lowest BCUT2D eigenvalue weighted by Crippen LogP contribution is -2.52. The SMILES string of the molecule is C[C@@H](C(=O)Nc1ccc2c(c1)OCCO2)N1CCN(c2ccc([N+](=O)[O-])cc2)CC1. The summed E-state index contributed by atoms with van der Waals surface area (Å²) in [5, 5.41) is 13.8. The van der Waals surface area contributed by atoms with Crippen molar-refractivity contribution >= 4 is 23.0 Å². The summed E-state index contributed by atoms with van der Waals surface area (Å²) in [5.74, 6) is 1.26. The van der Waals surface area contributed by atoms with Gasteiger partial charge in [0.1, 0.15) is 13.2 Å². The molecule has 30 heavy (non-hydrogen) atoms. The van der Waals surface area contributed by atoms with Crippen molar-refractivity contribution in [3.8, 4) is 11.5 Å². The summed E-state index contributed by atoms with van der Waals surface area (Å²) >= 11 is 0. The van der Waals surface area contributed by atoms with E-state index in [0.717, 1.165) is 31.9 Å². The molecule has 0 radical (unpaired) electrons. The van der Waals surface area contributed by atoms with Crippen molar-refractivity contribution in [1.29, 1.82) is 0 Å². The van der Waals surface area contributed by atoms with Crippen LogP contribution in [0.4, 0.5) is 17.1 Å². The van der Waals surface area contributed by atoms with Crippen molar-refractivity contribution in [3.63, 3.8) is 0 Å². The third kappa shape index (κ3) is 4.30. The van der Waals surface area contributed by atoms with E-state index in [1.807, 2.05) is 13.0 Å². The number of nitrogens with one attached hydrogen (secondary N) is 1. The number of non-ortho nitro benzene ring substituents is 1. The number of rotatable bonds is 5. The number of carbonyl (C=O) groups is 1. The lowest BCUT2D eigenvalue weighted by atomic mass is 10.2. The van der Waals surface area contributed by atoms with E-state index in [4.69, 9.17) is 9.47 Å². The molecule has 2 heterocycles. The summed E-state index contributed by atoms with van der Waals surface area (Å²) in [4.78, 5) is 27.4. The van der Waals surface area contributed by atoms with Gasteiger partial charge in [0.25, 0.3) is 5.69 Å². The van der Waals surface area contributed by atoms with Crippen LogP contribution in [0.15, 0.2) is 42.5 Å². The van der Waals surface area contributed by atoms with Crippen LogP contribution in [0.25, 0.3) is 0 Å². The smallest absolute Gasteiger partial charge is 0.269 e. The zero-order chi connectivity index (χ0) is 21.1. The van der Waals surface area contributed by atoms with Crippen molar-refractivity contribution in [2.75, 3.05) is 49.6 Å². The molecule has 0 bridgehead atoms. The summed E-state index contributed by atoms with van der Waals surface area (Å²) in [5.41, 5.74) is 1.72. The average molecular weight is 412 g/mol. The molecule has 1 fully saturated rings. The van der Waals surface area contributed by atoms with Crippen LogP contribution >= 0.6 is 0 Å².